The maximum Gasteiger partial charge on any atom is 0.338 e. The fourth-order valence-electron chi connectivity index (χ4n) is 8.58. The summed E-state index contributed by atoms with van der Waals surface area (Å²) in [6.45, 7) is 3.73. The van der Waals surface area contributed by atoms with Gasteiger partial charge in [-0.25, -0.2) is 4.79 Å². The molecule has 13 heteroatoms. The molecule has 2 aliphatic carbocycles. The van der Waals surface area contributed by atoms with Gasteiger partial charge in [0.2, 0.25) is 11.8 Å². The third-order valence-corrected chi connectivity index (χ3v) is 13.2. The van der Waals surface area contributed by atoms with Crippen molar-refractivity contribution in [2.24, 2.45) is 29.6 Å². The van der Waals surface area contributed by atoms with Gasteiger partial charge in [0, 0.05) is 21.7 Å². The van der Waals surface area contributed by atoms with Gasteiger partial charge >= 0.3 is 10.8 Å². The van der Waals surface area contributed by atoms with Crippen LogP contribution in [0.1, 0.15) is 45.6 Å². The third kappa shape index (κ3) is 5.63. The summed E-state index contributed by atoms with van der Waals surface area (Å²) in [7, 11) is 1.54. The number of aromatic nitrogens is 1. The van der Waals surface area contributed by atoms with Crippen molar-refractivity contribution in [2.45, 2.75) is 36.5 Å². The van der Waals surface area contributed by atoms with E-state index in [2.05, 4.69) is 10.3 Å². The van der Waals surface area contributed by atoms with Crippen LogP contribution in [0.4, 0.5) is 11.4 Å². The molecule has 4 aliphatic rings. The predicted molar refractivity (Wildman–Crippen MR) is 192 cm³/mol. The van der Waals surface area contributed by atoms with Crippen LogP contribution >= 0.6 is 23.1 Å². The van der Waals surface area contributed by atoms with Crippen molar-refractivity contribution in [3.05, 3.63) is 98.0 Å². The number of aromatic amines is 1. The van der Waals surface area contributed by atoms with E-state index in [1.165, 1.54) is 23.3 Å². The second kappa shape index (κ2) is 13.0. The van der Waals surface area contributed by atoms with Crippen LogP contribution in [0.2, 0.25) is 0 Å². The summed E-state index contributed by atoms with van der Waals surface area (Å²) in [6.07, 6.45) is 0.745. The van der Waals surface area contributed by atoms with E-state index in [1.54, 1.807) is 49.0 Å². The predicted octanol–water partition coefficient (Wildman–Crippen LogP) is 5.63. The van der Waals surface area contributed by atoms with Gasteiger partial charge in [-0.1, -0.05) is 35.1 Å². The van der Waals surface area contributed by atoms with Crippen LogP contribution in [0.3, 0.4) is 0 Å². The minimum absolute atomic E-state index is 0.00859. The zero-order chi connectivity index (χ0) is 35.6. The number of fused-ring (bicyclic) bond motifs is 9. The number of anilines is 2. The fourth-order valence-corrected chi connectivity index (χ4v) is 11.5. The number of esters is 1. The maximum absolute atomic E-state index is 14.2. The highest BCUT2D eigenvalue weighted by Crippen LogP contribution is 2.68. The van der Waals surface area contributed by atoms with Crippen LogP contribution < -0.4 is 24.6 Å². The number of imide groups is 1. The molecule has 0 spiro atoms. The van der Waals surface area contributed by atoms with Crippen molar-refractivity contribution >= 4 is 58.2 Å². The molecule has 3 fully saturated rings. The number of nitrogens with one attached hydrogen (secondary N) is 2. The van der Waals surface area contributed by atoms with Crippen molar-refractivity contribution in [3.63, 3.8) is 0 Å². The van der Waals surface area contributed by atoms with Crippen molar-refractivity contribution in [2.75, 3.05) is 30.5 Å². The van der Waals surface area contributed by atoms with Gasteiger partial charge < -0.3 is 24.5 Å². The minimum Gasteiger partial charge on any atom is -0.493 e. The van der Waals surface area contributed by atoms with Crippen molar-refractivity contribution < 1.29 is 33.4 Å². The number of carbonyl (C=O) groups is 4. The van der Waals surface area contributed by atoms with Gasteiger partial charge in [0.05, 0.1) is 41.8 Å². The van der Waals surface area contributed by atoms with Crippen LogP contribution in [0.5, 0.6) is 11.5 Å². The zero-order valence-electron chi connectivity index (χ0n) is 28.0. The van der Waals surface area contributed by atoms with Crippen molar-refractivity contribution in [3.8, 4) is 11.5 Å². The average molecular weight is 726 g/mol. The summed E-state index contributed by atoms with van der Waals surface area (Å²) in [4.78, 5) is 70.9. The Morgan fingerprint density at radius 2 is 1.67 bits per heavy atom. The molecule has 2 bridgehead atoms. The molecule has 2 N–H and O–H groups in total. The SMILES string of the molecule is CCOC(=O)c1ccc(N2C(=O)C3C4CC(C3C2=O)C2C4Sc3[nH]c(=O)sc3[C@@H]2c2ccc(OCC(=O)Nc3ccc(C)cc3)c(OC)c2)cc1. The highest BCUT2D eigenvalue weighted by Gasteiger charge is 2.69. The van der Waals surface area contributed by atoms with Crippen molar-refractivity contribution in [1.29, 1.82) is 0 Å². The molecule has 262 valence electrons. The maximum atomic E-state index is 14.2. The molecule has 0 radical (unpaired) electrons. The number of hydrogen-bond acceptors (Lipinski definition) is 10. The summed E-state index contributed by atoms with van der Waals surface area (Å²) in [5.41, 5.74) is 3.46. The topological polar surface area (TPSA) is 144 Å². The highest BCUT2D eigenvalue weighted by atomic mass is 32.2. The van der Waals surface area contributed by atoms with E-state index in [-0.39, 0.29) is 64.7 Å². The lowest BCUT2D eigenvalue weighted by atomic mass is 9.68. The molecule has 51 heavy (non-hydrogen) atoms. The number of hydrogen-bond donors (Lipinski definition) is 2. The second-order valence-corrected chi connectivity index (χ2v) is 15.6. The second-order valence-electron chi connectivity index (χ2n) is 13.4. The van der Waals surface area contributed by atoms with E-state index in [9.17, 15) is 24.0 Å². The average Bonchev–Trinajstić information content (AvgIpc) is 3.87. The number of rotatable bonds is 9. The molecule has 8 rings (SSSR count). The molecule has 4 aromatic rings. The lowest BCUT2D eigenvalue weighted by Gasteiger charge is -2.43. The van der Waals surface area contributed by atoms with Gasteiger partial charge in [-0.3, -0.25) is 24.1 Å². The monoisotopic (exact) mass is 725 g/mol. The summed E-state index contributed by atoms with van der Waals surface area (Å²) < 4.78 is 16.7. The summed E-state index contributed by atoms with van der Waals surface area (Å²) in [5, 5.41) is 3.64. The molecule has 2 aliphatic heterocycles. The van der Waals surface area contributed by atoms with E-state index >= 15 is 0 Å². The van der Waals surface area contributed by atoms with Crippen LogP contribution in [0.25, 0.3) is 0 Å². The minimum atomic E-state index is -0.481. The number of benzene rings is 3. The Morgan fingerprint density at radius 1 is 0.941 bits per heavy atom. The van der Waals surface area contributed by atoms with Crippen LogP contribution in [0.15, 0.2) is 76.6 Å². The van der Waals surface area contributed by atoms with E-state index in [1.807, 2.05) is 43.3 Å². The largest absolute Gasteiger partial charge is 0.493 e. The molecule has 2 saturated carbocycles. The first kappa shape index (κ1) is 33.3. The van der Waals surface area contributed by atoms with Gasteiger partial charge in [-0.05, 0) is 92.1 Å². The molecule has 7 atom stereocenters. The highest BCUT2D eigenvalue weighted by molar-refractivity contribution is 8.00. The van der Waals surface area contributed by atoms with Gasteiger partial charge in [-0.15, -0.1) is 11.8 Å². The Hall–Kier alpha value is -4.88. The Bertz CT molecular complexity index is 2110. The van der Waals surface area contributed by atoms with E-state index in [4.69, 9.17) is 14.2 Å². The number of aryl methyl sites for hydroxylation is 1. The Balaban J connectivity index is 1.07. The number of H-pyrrole nitrogens is 1. The first-order chi connectivity index (χ1) is 24.7. The summed E-state index contributed by atoms with van der Waals surface area (Å²) in [6, 6.07) is 19.5. The van der Waals surface area contributed by atoms with Crippen LogP contribution in [0, 0.1) is 36.5 Å². The first-order valence-corrected chi connectivity index (χ1v) is 18.6. The van der Waals surface area contributed by atoms with Gasteiger partial charge in [-0.2, -0.15) is 0 Å². The van der Waals surface area contributed by atoms with Crippen molar-refractivity contribution in [1.82, 2.24) is 4.98 Å². The number of carbonyl (C=O) groups excluding carboxylic acids is 4. The quantitative estimate of drug-likeness (QED) is 0.166. The number of amides is 3. The molecule has 1 saturated heterocycles. The number of nitrogens with zero attached hydrogens (tertiary/aromatic N) is 1. The first-order valence-electron chi connectivity index (χ1n) is 16.9. The third-order valence-electron chi connectivity index (χ3n) is 10.6. The zero-order valence-corrected chi connectivity index (χ0v) is 29.7. The van der Waals surface area contributed by atoms with E-state index in [0.29, 0.717) is 28.4 Å². The molecular weight excluding hydrogens is 691 g/mol. The van der Waals surface area contributed by atoms with Gasteiger partial charge in [0.25, 0.3) is 5.91 Å². The summed E-state index contributed by atoms with van der Waals surface area (Å²) >= 11 is 2.79. The molecule has 3 heterocycles. The van der Waals surface area contributed by atoms with Gasteiger partial charge in [0.1, 0.15) is 0 Å². The number of methoxy groups -OCH3 is 1. The number of ether oxygens (including phenoxy) is 3. The standard InChI is InChI=1S/C38H35N3O8S2/c1-4-48-37(45)19-7-12-22(13-8-19)41-35(43)30-23-16-24(31(30)36(41)44)32-29(23)28(33-34(50-32)40-38(46)51-33)20-9-14-25(26(15-20)47-3)49-17-27(42)39-21-10-5-18(2)6-11-21/h5-15,23-24,28-32H,4,16-17H2,1-3H3,(H,39,42)(H,40,46)/t23?,24?,28-,29?,30?,31?,32?/m1/s1. The van der Waals surface area contributed by atoms with E-state index in [0.717, 1.165) is 27.5 Å². The Morgan fingerprint density at radius 3 is 2.37 bits per heavy atom. The molecule has 6 unspecified atom stereocenters. The summed E-state index contributed by atoms with van der Waals surface area (Å²) in [5.74, 6) is -1.66. The molecule has 1 aromatic heterocycles. The lowest BCUT2D eigenvalue weighted by molar-refractivity contribution is -0.123. The number of thiazole rings is 1. The Labute approximate surface area is 301 Å². The van der Waals surface area contributed by atoms with E-state index < -0.39 is 17.8 Å². The van der Waals surface area contributed by atoms with Crippen LogP contribution in [-0.2, 0) is 19.1 Å². The molecule has 11 nitrogen and oxygen atoms in total. The van der Waals surface area contributed by atoms with Crippen LogP contribution in [-0.4, -0.2) is 54.2 Å². The smallest absolute Gasteiger partial charge is 0.338 e. The normalized spacial score (nSPS) is 25.6. The van der Waals surface area contributed by atoms with Gasteiger partial charge in [0.15, 0.2) is 18.1 Å². The Kier molecular flexibility index (Phi) is 8.50. The fraction of sp³-hybridized carbons (Fsp3) is 0.342. The molecule has 3 amide bonds. The number of thioether (sulfide) groups is 1. The molecular formula is C38H35N3O8S2. The lowest BCUT2D eigenvalue weighted by Crippen LogP contribution is -2.42. The molecule has 3 aromatic carbocycles.